The number of carbonyl (C=O) groups is 3. The Bertz CT molecular complexity index is 840. The molecular weight excluding hydrogens is 364 g/mol. The molecule has 2 aliphatic rings. The minimum atomic E-state index is -0.477. The van der Waals surface area contributed by atoms with Crippen molar-refractivity contribution in [2.45, 2.75) is 32.1 Å². The van der Waals surface area contributed by atoms with Gasteiger partial charge in [0.05, 0.1) is 27.2 Å². The first-order chi connectivity index (χ1) is 13.4. The van der Waals surface area contributed by atoms with Crippen LogP contribution in [0.1, 0.15) is 43.2 Å². The highest BCUT2D eigenvalue weighted by Crippen LogP contribution is 2.52. The summed E-state index contributed by atoms with van der Waals surface area (Å²) in [5, 5.41) is 0. The van der Waals surface area contributed by atoms with Gasteiger partial charge in [-0.05, 0) is 18.3 Å². The molecule has 7 heteroatoms. The second kappa shape index (κ2) is 8.04. The van der Waals surface area contributed by atoms with Crippen molar-refractivity contribution in [2.75, 3.05) is 21.3 Å². The van der Waals surface area contributed by atoms with Gasteiger partial charge in [0.1, 0.15) is 11.5 Å². The van der Waals surface area contributed by atoms with Crippen LogP contribution in [0.2, 0.25) is 0 Å². The van der Waals surface area contributed by atoms with Crippen LogP contribution in [-0.2, 0) is 19.1 Å². The third-order valence-electron chi connectivity index (χ3n) is 5.35. The molecule has 0 aromatic heterocycles. The summed E-state index contributed by atoms with van der Waals surface area (Å²) >= 11 is 0. The summed E-state index contributed by atoms with van der Waals surface area (Å²) < 4.78 is 21.0. The predicted molar refractivity (Wildman–Crippen MR) is 100 cm³/mol. The molecule has 1 aromatic rings. The van der Waals surface area contributed by atoms with E-state index in [2.05, 4.69) is 0 Å². The first-order valence-electron chi connectivity index (χ1n) is 9.14. The molecule has 3 unspecified atom stereocenters. The number of hydrogen-bond acceptors (Lipinski definition) is 7. The lowest BCUT2D eigenvalue weighted by Gasteiger charge is -2.37. The second-order valence-electron chi connectivity index (χ2n) is 7.08. The number of fused-ring (bicyclic) bond motifs is 3. The highest BCUT2D eigenvalue weighted by Gasteiger charge is 2.42. The number of esters is 2. The summed E-state index contributed by atoms with van der Waals surface area (Å²) in [6, 6.07) is 1.64. The van der Waals surface area contributed by atoms with Crippen LogP contribution >= 0.6 is 0 Å². The Balaban J connectivity index is 2.05. The van der Waals surface area contributed by atoms with E-state index in [4.69, 9.17) is 18.9 Å². The van der Waals surface area contributed by atoms with E-state index in [1.807, 2.05) is 12.2 Å². The molecule has 0 spiro atoms. The van der Waals surface area contributed by atoms with Gasteiger partial charge in [0.15, 0.2) is 11.5 Å². The van der Waals surface area contributed by atoms with Gasteiger partial charge < -0.3 is 18.9 Å². The average Bonchev–Trinajstić information content (AvgIpc) is 2.67. The number of allylic oxidation sites excluding steroid dienone is 1. The van der Waals surface area contributed by atoms with Gasteiger partial charge in [0.2, 0.25) is 0 Å². The van der Waals surface area contributed by atoms with Gasteiger partial charge in [-0.25, -0.2) is 0 Å². The molecule has 1 fully saturated rings. The van der Waals surface area contributed by atoms with Crippen molar-refractivity contribution in [3.8, 4) is 17.2 Å². The molecule has 150 valence electrons. The molecule has 0 heterocycles. The normalized spacial score (nSPS) is 22.7. The van der Waals surface area contributed by atoms with E-state index >= 15 is 0 Å². The zero-order valence-electron chi connectivity index (χ0n) is 16.4. The summed E-state index contributed by atoms with van der Waals surface area (Å²) in [6.07, 6.45) is 5.00. The Hall–Kier alpha value is -2.83. The lowest BCUT2D eigenvalue weighted by atomic mass is 9.66. The van der Waals surface area contributed by atoms with Crippen molar-refractivity contribution in [3.05, 3.63) is 23.3 Å². The maximum absolute atomic E-state index is 13.0. The van der Waals surface area contributed by atoms with Gasteiger partial charge in [0, 0.05) is 37.0 Å². The van der Waals surface area contributed by atoms with Gasteiger partial charge >= 0.3 is 11.9 Å². The molecule has 7 nitrogen and oxygen atoms in total. The fraction of sp³-hybridized carbons (Fsp3) is 0.476. The smallest absolute Gasteiger partial charge is 0.308 e. The number of ketones is 1. The summed E-state index contributed by atoms with van der Waals surface area (Å²) in [7, 11) is 4.36. The molecule has 0 saturated heterocycles. The fourth-order valence-corrected chi connectivity index (χ4v) is 4.22. The Labute approximate surface area is 163 Å². The van der Waals surface area contributed by atoms with E-state index in [-0.39, 0.29) is 35.8 Å². The number of carbonyl (C=O) groups excluding carboxylic acids is 3. The van der Waals surface area contributed by atoms with Crippen molar-refractivity contribution in [1.29, 1.82) is 0 Å². The molecule has 0 radical (unpaired) electrons. The van der Waals surface area contributed by atoms with Crippen molar-refractivity contribution in [1.82, 2.24) is 0 Å². The van der Waals surface area contributed by atoms with Gasteiger partial charge in [-0.15, -0.1) is 0 Å². The van der Waals surface area contributed by atoms with Crippen molar-refractivity contribution >= 4 is 23.8 Å². The van der Waals surface area contributed by atoms with Crippen molar-refractivity contribution in [3.63, 3.8) is 0 Å². The lowest BCUT2D eigenvalue weighted by Crippen LogP contribution is -2.33. The molecule has 28 heavy (non-hydrogen) atoms. The molecule has 1 saturated carbocycles. The number of ether oxygens (including phenoxy) is 4. The first kappa shape index (κ1) is 19.9. The molecular formula is C21H24O7. The SMILES string of the molecule is COC(=O)CC1CC(=O)C2c3c(OC)cc(OC)c(OC(C)=O)c3C=CC2C1. The maximum Gasteiger partial charge on any atom is 0.308 e. The highest BCUT2D eigenvalue weighted by molar-refractivity contribution is 5.92. The molecule has 0 N–H and O–H groups in total. The van der Waals surface area contributed by atoms with Crippen LogP contribution in [0, 0.1) is 11.8 Å². The van der Waals surface area contributed by atoms with E-state index < -0.39 is 11.9 Å². The van der Waals surface area contributed by atoms with Crippen molar-refractivity contribution < 1.29 is 33.3 Å². The number of Topliss-reactive ketones (excluding diaryl/α,β-unsaturated/α-hetero) is 1. The number of rotatable bonds is 5. The molecule has 0 aliphatic heterocycles. The monoisotopic (exact) mass is 388 g/mol. The molecule has 0 bridgehead atoms. The van der Waals surface area contributed by atoms with Crippen LogP contribution in [0.5, 0.6) is 17.2 Å². The maximum atomic E-state index is 13.0. The summed E-state index contributed by atoms with van der Waals surface area (Å²) in [5.41, 5.74) is 1.32. The summed E-state index contributed by atoms with van der Waals surface area (Å²) in [4.78, 5) is 36.3. The number of hydrogen-bond donors (Lipinski definition) is 0. The molecule has 0 amide bonds. The van der Waals surface area contributed by atoms with E-state index in [1.165, 1.54) is 28.3 Å². The second-order valence-corrected chi connectivity index (χ2v) is 7.08. The zero-order valence-corrected chi connectivity index (χ0v) is 16.4. The molecule has 2 aliphatic carbocycles. The third-order valence-corrected chi connectivity index (χ3v) is 5.35. The van der Waals surface area contributed by atoms with E-state index in [9.17, 15) is 14.4 Å². The van der Waals surface area contributed by atoms with Gasteiger partial charge in [-0.3, -0.25) is 14.4 Å². The number of benzene rings is 1. The molecule has 3 atom stereocenters. The van der Waals surface area contributed by atoms with Crippen LogP contribution in [-0.4, -0.2) is 39.1 Å². The molecule has 1 aromatic carbocycles. The van der Waals surface area contributed by atoms with Gasteiger partial charge in [0.25, 0.3) is 0 Å². The zero-order chi connectivity index (χ0) is 20.4. The third kappa shape index (κ3) is 3.61. The average molecular weight is 388 g/mol. The Morgan fingerprint density at radius 1 is 1.14 bits per heavy atom. The van der Waals surface area contributed by atoms with Crippen LogP contribution in [0.25, 0.3) is 6.08 Å². The minimum absolute atomic E-state index is 0.0352. The summed E-state index contributed by atoms with van der Waals surface area (Å²) in [6.45, 7) is 1.31. The van der Waals surface area contributed by atoms with Crippen LogP contribution in [0.15, 0.2) is 12.1 Å². The minimum Gasteiger partial charge on any atom is -0.496 e. The lowest BCUT2D eigenvalue weighted by molar-refractivity contribution is -0.142. The standard InChI is InChI=1S/C21H24O7/c1-11(22)28-21-14-6-5-13-7-12(9-18(24)27-4)8-15(23)19(13)20(14)16(25-2)10-17(21)26-3/h5-6,10,12-13,19H,7-9H2,1-4H3. The van der Waals surface area contributed by atoms with E-state index in [0.717, 1.165) is 0 Å². The van der Waals surface area contributed by atoms with Gasteiger partial charge in [-0.1, -0.05) is 12.2 Å². The van der Waals surface area contributed by atoms with E-state index in [0.29, 0.717) is 35.5 Å². The van der Waals surface area contributed by atoms with Gasteiger partial charge in [-0.2, -0.15) is 0 Å². The van der Waals surface area contributed by atoms with Crippen LogP contribution in [0.4, 0.5) is 0 Å². The Kier molecular flexibility index (Phi) is 5.72. The molecule has 3 rings (SSSR count). The van der Waals surface area contributed by atoms with Crippen LogP contribution < -0.4 is 14.2 Å². The summed E-state index contributed by atoms with van der Waals surface area (Å²) in [5.74, 6) is -0.115. The largest absolute Gasteiger partial charge is 0.496 e. The predicted octanol–water partition coefficient (Wildman–Crippen LogP) is 2.90. The Morgan fingerprint density at radius 3 is 2.46 bits per heavy atom. The fourth-order valence-electron chi connectivity index (χ4n) is 4.22. The van der Waals surface area contributed by atoms with E-state index in [1.54, 1.807) is 6.07 Å². The van der Waals surface area contributed by atoms with Crippen molar-refractivity contribution in [2.24, 2.45) is 11.8 Å². The number of methoxy groups -OCH3 is 3. The van der Waals surface area contributed by atoms with Crippen LogP contribution in [0.3, 0.4) is 0 Å². The first-order valence-corrected chi connectivity index (χ1v) is 9.14. The topological polar surface area (TPSA) is 88.1 Å². The Morgan fingerprint density at radius 2 is 1.86 bits per heavy atom. The quantitative estimate of drug-likeness (QED) is 0.566. The highest BCUT2D eigenvalue weighted by atomic mass is 16.6.